The maximum atomic E-state index is 12.1. The van der Waals surface area contributed by atoms with Crippen molar-refractivity contribution < 1.29 is 14.7 Å². The van der Waals surface area contributed by atoms with E-state index in [0.29, 0.717) is 6.54 Å². The summed E-state index contributed by atoms with van der Waals surface area (Å²) in [5.74, 6) is -2.16. The molecule has 0 aliphatic heterocycles. The SMILES string of the molecule is CC(c1ccccc1)C(CC(=O)NCc1ccccc1)C(=O)O. The zero-order chi connectivity index (χ0) is 16.7. The third-order valence-electron chi connectivity index (χ3n) is 3.98. The van der Waals surface area contributed by atoms with Gasteiger partial charge in [0.2, 0.25) is 5.91 Å². The van der Waals surface area contributed by atoms with Crippen LogP contribution in [-0.4, -0.2) is 17.0 Å². The highest BCUT2D eigenvalue weighted by atomic mass is 16.4. The first-order valence-corrected chi connectivity index (χ1v) is 7.66. The molecular formula is C19H21NO3. The highest BCUT2D eigenvalue weighted by Crippen LogP contribution is 2.27. The maximum absolute atomic E-state index is 12.1. The second-order valence-corrected chi connectivity index (χ2v) is 5.61. The van der Waals surface area contributed by atoms with Crippen LogP contribution in [0.15, 0.2) is 60.7 Å². The van der Waals surface area contributed by atoms with Crippen LogP contribution in [0, 0.1) is 5.92 Å². The Labute approximate surface area is 136 Å². The minimum atomic E-state index is -0.948. The second-order valence-electron chi connectivity index (χ2n) is 5.61. The molecule has 0 bridgehead atoms. The van der Waals surface area contributed by atoms with E-state index in [-0.39, 0.29) is 18.2 Å². The standard InChI is InChI=1S/C19H21NO3/c1-14(16-10-6-3-7-11-16)17(19(22)23)12-18(21)20-13-15-8-4-2-5-9-15/h2-11,14,17H,12-13H2,1H3,(H,20,21)(H,22,23). The molecule has 0 aliphatic rings. The quantitative estimate of drug-likeness (QED) is 0.825. The number of nitrogens with one attached hydrogen (secondary N) is 1. The van der Waals surface area contributed by atoms with E-state index in [1.165, 1.54) is 0 Å². The van der Waals surface area contributed by atoms with Gasteiger partial charge in [0.25, 0.3) is 0 Å². The van der Waals surface area contributed by atoms with Crippen molar-refractivity contribution in [3.63, 3.8) is 0 Å². The molecule has 2 atom stereocenters. The summed E-state index contributed by atoms with van der Waals surface area (Å²) < 4.78 is 0. The van der Waals surface area contributed by atoms with Crippen LogP contribution < -0.4 is 5.32 Å². The Balaban J connectivity index is 1.96. The molecule has 0 saturated heterocycles. The summed E-state index contributed by atoms with van der Waals surface area (Å²) in [5.41, 5.74) is 1.92. The summed E-state index contributed by atoms with van der Waals surface area (Å²) in [7, 11) is 0. The highest BCUT2D eigenvalue weighted by molar-refractivity contribution is 5.82. The first-order chi connectivity index (χ1) is 11.1. The molecule has 2 N–H and O–H groups in total. The van der Waals surface area contributed by atoms with Crippen molar-refractivity contribution in [2.45, 2.75) is 25.8 Å². The number of amides is 1. The van der Waals surface area contributed by atoms with Crippen molar-refractivity contribution in [1.82, 2.24) is 5.32 Å². The Hall–Kier alpha value is -2.62. The predicted octanol–water partition coefficient (Wildman–Crippen LogP) is 3.20. The van der Waals surface area contributed by atoms with Crippen LogP contribution in [-0.2, 0) is 16.1 Å². The number of rotatable bonds is 7. The van der Waals surface area contributed by atoms with Crippen LogP contribution in [0.1, 0.15) is 30.4 Å². The number of hydrogen-bond acceptors (Lipinski definition) is 2. The number of hydrogen-bond donors (Lipinski definition) is 2. The minimum Gasteiger partial charge on any atom is -0.481 e. The molecule has 2 rings (SSSR count). The van der Waals surface area contributed by atoms with E-state index in [1.54, 1.807) is 0 Å². The van der Waals surface area contributed by atoms with Crippen LogP contribution in [0.2, 0.25) is 0 Å². The van der Waals surface area contributed by atoms with Gasteiger partial charge < -0.3 is 10.4 Å². The molecule has 0 radical (unpaired) electrons. The van der Waals surface area contributed by atoms with Gasteiger partial charge >= 0.3 is 5.97 Å². The molecule has 2 unspecified atom stereocenters. The molecule has 0 saturated carbocycles. The van der Waals surface area contributed by atoms with Crippen LogP contribution in [0.4, 0.5) is 0 Å². The molecule has 0 aliphatic carbocycles. The number of carboxylic acid groups (broad SMARTS) is 1. The Morgan fingerprint density at radius 1 is 1.00 bits per heavy atom. The lowest BCUT2D eigenvalue weighted by molar-refractivity contribution is -0.144. The molecule has 2 aromatic carbocycles. The van der Waals surface area contributed by atoms with Crippen molar-refractivity contribution in [2.75, 3.05) is 0 Å². The fraction of sp³-hybridized carbons (Fsp3) is 0.263. The fourth-order valence-corrected chi connectivity index (χ4v) is 2.54. The monoisotopic (exact) mass is 311 g/mol. The van der Waals surface area contributed by atoms with Crippen LogP contribution >= 0.6 is 0 Å². The summed E-state index contributed by atoms with van der Waals surface area (Å²) in [6.07, 6.45) is -0.0295. The lowest BCUT2D eigenvalue weighted by atomic mass is 9.85. The van der Waals surface area contributed by atoms with Gasteiger partial charge in [-0.1, -0.05) is 67.6 Å². The number of aliphatic carboxylic acids is 1. The van der Waals surface area contributed by atoms with Crippen molar-refractivity contribution in [1.29, 1.82) is 0 Å². The molecule has 2 aromatic rings. The first kappa shape index (κ1) is 16.7. The Morgan fingerprint density at radius 2 is 1.57 bits per heavy atom. The van der Waals surface area contributed by atoms with Crippen molar-refractivity contribution >= 4 is 11.9 Å². The Bertz CT molecular complexity index is 640. The smallest absolute Gasteiger partial charge is 0.307 e. The van der Waals surface area contributed by atoms with Gasteiger partial charge in [-0.05, 0) is 17.0 Å². The van der Waals surface area contributed by atoms with Crippen LogP contribution in [0.3, 0.4) is 0 Å². The molecular weight excluding hydrogens is 290 g/mol. The van der Waals surface area contributed by atoms with Crippen LogP contribution in [0.25, 0.3) is 0 Å². The molecule has 120 valence electrons. The molecule has 0 fully saturated rings. The Kier molecular flexibility index (Phi) is 5.92. The third kappa shape index (κ3) is 4.95. The van der Waals surface area contributed by atoms with Gasteiger partial charge in [-0.3, -0.25) is 9.59 Å². The van der Waals surface area contributed by atoms with E-state index in [2.05, 4.69) is 5.32 Å². The lowest BCUT2D eigenvalue weighted by Gasteiger charge is -2.20. The minimum absolute atomic E-state index is 0.0295. The zero-order valence-electron chi connectivity index (χ0n) is 13.1. The number of carbonyl (C=O) groups is 2. The van der Waals surface area contributed by atoms with Gasteiger partial charge in [0, 0.05) is 13.0 Å². The molecule has 1 amide bonds. The lowest BCUT2D eigenvalue weighted by Crippen LogP contribution is -2.30. The van der Waals surface area contributed by atoms with E-state index < -0.39 is 11.9 Å². The molecule has 4 nitrogen and oxygen atoms in total. The van der Waals surface area contributed by atoms with E-state index >= 15 is 0 Å². The summed E-state index contributed by atoms with van der Waals surface area (Å²) in [6, 6.07) is 19.0. The van der Waals surface area contributed by atoms with Gasteiger partial charge in [0.05, 0.1) is 5.92 Å². The third-order valence-corrected chi connectivity index (χ3v) is 3.98. The van der Waals surface area contributed by atoms with Crippen LogP contribution in [0.5, 0.6) is 0 Å². The average molecular weight is 311 g/mol. The summed E-state index contributed by atoms with van der Waals surface area (Å²) in [4.78, 5) is 23.6. The molecule has 0 spiro atoms. The largest absolute Gasteiger partial charge is 0.481 e. The zero-order valence-corrected chi connectivity index (χ0v) is 13.1. The van der Waals surface area contributed by atoms with Gasteiger partial charge in [-0.25, -0.2) is 0 Å². The van der Waals surface area contributed by atoms with Gasteiger partial charge in [0.1, 0.15) is 0 Å². The molecule has 0 aromatic heterocycles. The Morgan fingerprint density at radius 3 is 2.13 bits per heavy atom. The van der Waals surface area contributed by atoms with Gasteiger partial charge in [0.15, 0.2) is 0 Å². The highest BCUT2D eigenvalue weighted by Gasteiger charge is 2.28. The van der Waals surface area contributed by atoms with Crippen molar-refractivity contribution in [3.8, 4) is 0 Å². The topological polar surface area (TPSA) is 66.4 Å². The maximum Gasteiger partial charge on any atom is 0.307 e. The van der Waals surface area contributed by atoms with E-state index in [4.69, 9.17) is 0 Å². The molecule has 4 heteroatoms. The van der Waals surface area contributed by atoms with Gasteiger partial charge in [-0.15, -0.1) is 0 Å². The number of carboxylic acids is 1. The molecule has 0 heterocycles. The number of carbonyl (C=O) groups excluding carboxylic acids is 1. The summed E-state index contributed by atoms with van der Waals surface area (Å²) in [5, 5.41) is 12.2. The predicted molar refractivity (Wildman–Crippen MR) is 88.9 cm³/mol. The van der Waals surface area contributed by atoms with Gasteiger partial charge in [-0.2, -0.15) is 0 Å². The fourth-order valence-electron chi connectivity index (χ4n) is 2.54. The summed E-state index contributed by atoms with van der Waals surface area (Å²) in [6.45, 7) is 2.25. The van der Waals surface area contributed by atoms with E-state index in [1.807, 2.05) is 67.6 Å². The van der Waals surface area contributed by atoms with Crippen molar-refractivity contribution in [2.24, 2.45) is 5.92 Å². The normalized spacial score (nSPS) is 13.1. The average Bonchev–Trinajstić information content (AvgIpc) is 2.58. The second kappa shape index (κ2) is 8.13. The van der Waals surface area contributed by atoms with E-state index in [0.717, 1.165) is 11.1 Å². The van der Waals surface area contributed by atoms with E-state index in [9.17, 15) is 14.7 Å². The number of benzene rings is 2. The summed E-state index contributed by atoms with van der Waals surface area (Å²) >= 11 is 0. The first-order valence-electron chi connectivity index (χ1n) is 7.66. The molecule has 23 heavy (non-hydrogen) atoms. The van der Waals surface area contributed by atoms with Crippen molar-refractivity contribution in [3.05, 3.63) is 71.8 Å².